The quantitative estimate of drug-likeness (QED) is 0.538. The molecule has 5 rings (SSSR count). The van der Waals surface area contributed by atoms with Crippen LogP contribution in [0.15, 0.2) is 72.5 Å². The lowest BCUT2D eigenvalue weighted by Gasteiger charge is -2.30. The van der Waals surface area contributed by atoms with E-state index in [4.69, 9.17) is 25.8 Å². The van der Waals surface area contributed by atoms with Crippen LogP contribution < -0.4 is 24.4 Å². The van der Waals surface area contributed by atoms with Crippen molar-refractivity contribution in [3.05, 3.63) is 88.9 Å². The highest BCUT2D eigenvalue weighted by molar-refractivity contribution is 6.32. The number of nitrogens with one attached hydrogen (secondary N) is 1. The zero-order valence-electron chi connectivity index (χ0n) is 18.4. The first-order valence-corrected chi connectivity index (χ1v) is 11.3. The molecule has 0 bridgehead atoms. The maximum Gasteiger partial charge on any atom is 0.294 e. The minimum Gasteiger partial charge on any atom is -0.486 e. The summed E-state index contributed by atoms with van der Waals surface area (Å²) in [6.45, 7) is 0.208. The summed E-state index contributed by atoms with van der Waals surface area (Å²) in [7, 11) is 0. The standard InChI is InChI=1S/C26H20ClFN2O5/c27-18-6-5-7-19(28)17(18)12-24-26(32)30(20-8-1-2-9-21(20)35-24)14-25(31)29-13-16-15-33-22-10-3-4-11-23(22)34-16/h1-12,16H,13-15H2,(H,29,31)/b24-12-/t16-/m0/s1. The van der Waals surface area contributed by atoms with E-state index in [2.05, 4.69) is 5.32 Å². The van der Waals surface area contributed by atoms with Gasteiger partial charge in [-0.3, -0.25) is 14.5 Å². The Labute approximate surface area is 205 Å². The largest absolute Gasteiger partial charge is 0.486 e. The van der Waals surface area contributed by atoms with Crippen LogP contribution in [0.3, 0.4) is 0 Å². The number of para-hydroxylation sites is 4. The molecule has 0 aromatic heterocycles. The molecule has 1 atom stereocenters. The predicted octanol–water partition coefficient (Wildman–Crippen LogP) is 4.20. The fourth-order valence-electron chi connectivity index (χ4n) is 3.79. The highest BCUT2D eigenvalue weighted by Gasteiger charge is 2.32. The minimum absolute atomic E-state index is 0.0241. The third kappa shape index (κ3) is 4.79. The lowest BCUT2D eigenvalue weighted by atomic mass is 10.1. The van der Waals surface area contributed by atoms with Gasteiger partial charge in [-0.2, -0.15) is 0 Å². The lowest BCUT2D eigenvalue weighted by molar-refractivity contribution is -0.123. The number of amides is 2. The number of fused-ring (bicyclic) bond motifs is 2. The van der Waals surface area contributed by atoms with E-state index in [9.17, 15) is 14.0 Å². The Morgan fingerprint density at radius 3 is 2.60 bits per heavy atom. The number of hydrogen-bond donors (Lipinski definition) is 1. The van der Waals surface area contributed by atoms with Gasteiger partial charge >= 0.3 is 0 Å². The van der Waals surface area contributed by atoms with Crippen molar-refractivity contribution in [2.24, 2.45) is 0 Å². The van der Waals surface area contributed by atoms with Crippen LogP contribution in [0, 0.1) is 5.82 Å². The number of nitrogens with zero attached hydrogens (tertiary/aromatic N) is 1. The number of anilines is 1. The minimum atomic E-state index is -0.596. The van der Waals surface area contributed by atoms with Gasteiger partial charge in [0.25, 0.3) is 5.91 Å². The number of hydrogen-bond acceptors (Lipinski definition) is 5. The van der Waals surface area contributed by atoms with Gasteiger partial charge in [0.1, 0.15) is 25.1 Å². The summed E-state index contributed by atoms with van der Waals surface area (Å²) in [6.07, 6.45) is 0.867. The number of carbonyl (C=O) groups excluding carboxylic acids is 2. The molecule has 0 saturated heterocycles. The summed E-state index contributed by atoms with van der Waals surface area (Å²) in [4.78, 5) is 27.3. The smallest absolute Gasteiger partial charge is 0.294 e. The lowest BCUT2D eigenvalue weighted by Crippen LogP contribution is -2.47. The zero-order valence-corrected chi connectivity index (χ0v) is 19.1. The topological polar surface area (TPSA) is 77.1 Å². The molecule has 178 valence electrons. The second-order valence-electron chi connectivity index (χ2n) is 7.91. The maximum atomic E-state index is 14.3. The van der Waals surface area contributed by atoms with Crippen LogP contribution in [-0.2, 0) is 9.59 Å². The van der Waals surface area contributed by atoms with Crippen molar-refractivity contribution in [2.45, 2.75) is 6.10 Å². The number of ether oxygens (including phenoxy) is 3. The van der Waals surface area contributed by atoms with E-state index < -0.39 is 17.6 Å². The monoisotopic (exact) mass is 494 g/mol. The van der Waals surface area contributed by atoms with Crippen molar-refractivity contribution < 1.29 is 28.2 Å². The van der Waals surface area contributed by atoms with Gasteiger partial charge in [-0.25, -0.2) is 4.39 Å². The molecule has 35 heavy (non-hydrogen) atoms. The molecule has 2 aliphatic rings. The van der Waals surface area contributed by atoms with Crippen molar-refractivity contribution >= 4 is 35.2 Å². The van der Waals surface area contributed by atoms with Gasteiger partial charge in [-0.15, -0.1) is 0 Å². The summed E-state index contributed by atoms with van der Waals surface area (Å²) in [6, 6.07) is 18.3. The summed E-state index contributed by atoms with van der Waals surface area (Å²) in [5, 5.41) is 2.92. The Bertz CT molecular complexity index is 1310. The van der Waals surface area contributed by atoms with Crippen LogP contribution in [0.2, 0.25) is 5.02 Å². The third-order valence-electron chi connectivity index (χ3n) is 5.50. The van der Waals surface area contributed by atoms with E-state index in [-0.39, 0.29) is 42.1 Å². The highest BCUT2D eigenvalue weighted by Crippen LogP contribution is 2.36. The summed E-state index contributed by atoms with van der Waals surface area (Å²) < 4.78 is 31.6. The molecule has 0 unspecified atom stereocenters. The van der Waals surface area contributed by atoms with Gasteiger partial charge in [-0.05, 0) is 42.5 Å². The SMILES string of the molecule is O=C(CN1C(=O)/C(=C/c2c(F)cccc2Cl)Oc2ccccc21)NC[C@H]1COc2ccccc2O1. The fraction of sp³-hybridized carbons (Fsp3) is 0.154. The van der Waals surface area contributed by atoms with Gasteiger partial charge in [0.2, 0.25) is 5.91 Å². The number of rotatable bonds is 5. The molecular formula is C26H20ClFN2O5. The molecule has 1 N–H and O–H groups in total. The van der Waals surface area contributed by atoms with E-state index in [1.54, 1.807) is 30.3 Å². The molecular weight excluding hydrogens is 475 g/mol. The van der Waals surface area contributed by atoms with E-state index in [0.717, 1.165) is 0 Å². The summed E-state index contributed by atoms with van der Waals surface area (Å²) in [5.41, 5.74) is 0.451. The molecule has 2 amide bonds. The molecule has 3 aromatic carbocycles. The molecule has 0 aliphatic carbocycles. The van der Waals surface area contributed by atoms with Gasteiger partial charge in [0, 0.05) is 5.56 Å². The van der Waals surface area contributed by atoms with Crippen LogP contribution in [0.25, 0.3) is 6.08 Å². The van der Waals surface area contributed by atoms with Gasteiger partial charge in [0.15, 0.2) is 23.0 Å². The summed E-state index contributed by atoms with van der Waals surface area (Å²) in [5.74, 6) is -0.119. The molecule has 9 heteroatoms. The summed E-state index contributed by atoms with van der Waals surface area (Å²) >= 11 is 6.11. The molecule has 2 heterocycles. The van der Waals surface area contributed by atoms with Gasteiger partial charge in [-0.1, -0.05) is 41.9 Å². The van der Waals surface area contributed by atoms with Crippen LogP contribution in [-0.4, -0.2) is 37.6 Å². The fourth-order valence-corrected chi connectivity index (χ4v) is 4.01. The average Bonchev–Trinajstić information content (AvgIpc) is 2.87. The Kier molecular flexibility index (Phi) is 6.29. The Hall–Kier alpha value is -4.04. The first kappa shape index (κ1) is 22.7. The molecule has 0 fully saturated rings. The predicted molar refractivity (Wildman–Crippen MR) is 128 cm³/mol. The number of carbonyl (C=O) groups is 2. The van der Waals surface area contributed by atoms with Crippen LogP contribution in [0.5, 0.6) is 17.2 Å². The number of halogens is 2. The zero-order chi connectivity index (χ0) is 24.4. The van der Waals surface area contributed by atoms with Crippen molar-refractivity contribution in [2.75, 3.05) is 24.6 Å². The molecule has 0 spiro atoms. The second kappa shape index (κ2) is 9.68. The normalized spacial score (nSPS) is 17.5. The van der Waals surface area contributed by atoms with E-state index in [1.165, 1.54) is 29.2 Å². The first-order chi connectivity index (χ1) is 17.0. The van der Waals surface area contributed by atoms with Crippen LogP contribution in [0.1, 0.15) is 5.56 Å². The number of benzene rings is 3. The van der Waals surface area contributed by atoms with Crippen molar-refractivity contribution in [1.29, 1.82) is 0 Å². The average molecular weight is 495 g/mol. The van der Waals surface area contributed by atoms with Crippen LogP contribution in [0.4, 0.5) is 10.1 Å². The first-order valence-electron chi connectivity index (χ1n) is 10.9. The van der Waals surface area contributed by atoms with Gasteiger partial charge in [0.05, 0.1) is 17.3 Å². The Morgan fingerprint density at radius 1 is 1.06 bits per heavy atom. The molecule has 0 saturated carbocycles. The van der Waals surface area contributed by atoms with E-state index in [0.29, 0.717) is 22.9 Å². The van der Waals surface area contributed by atoms with Crippen molar-refractivity contribution in [3.63, 3.8) is 0 Å². The van der Waals surface area contributed by atoms with Crippen molar-refractivity contribution in [1.82, 2.24) is 5.32 Å². The molecule has 7 nitrogen and oxygen atoms in total. The maximum absolute atomic E-state index is 14.3. The molecule has 2 aliphatic heterocycles. The van der Waals surface area contributed by atoms with Gasteiger partial charge < -0.3 is 19.5 Å². The Morgan fingerprint density at radius 2 is 1.80 bits per heavy atom. The Balaban J connectivity index is 1.31. The third-order valence-corrected chi connectivity index (χ3v) is 5.83. The van der Waals surface area contributed by atoms with Crippen molar-refractivity contribution in [3.8, 4) is 17.2 Å². The van der Waals surface area contributed by atoms with Crippen LogP contribution >= 0.6 is 11.6 Å². The molecule has 0 radical (unpaired) electrons. The second-order valence-corrected chi connectivity index (χ2v) is 8.31. The highest BCUT2D eigenvalue weighted by atomic mass is 35.5. The molecule has 3 aromatic rings. The van der Waals surface area contributed by atoms with E-state index in [1.807, 2.05) is 18.2 Å². The van der Waals surface area contributed by atoms with E-state index >= 15 is 0 Å².